The minimum atomic E-state index is -0.652. The van der Waals surface area contributed by atoms with E-state index >= 15 is 0 Å². The normalized spacial score (nSPS) is 10.4. The van der Waals surface area contributed by atoms with Crippen LogP contribution in [0.4, 0.5) is 4.39 Å². The van der Waals surface area contributed by atoms with Gasteiger partial charge in [0.25, 0.3) is 5.91 Å². The Morgan fingerprint density at radius 3 is 2.50 bits per heavy atom. The molecule has 7 nitrogen and oxygen atoms in total. The molecule has 0 spiro atoms. The van der Waals surface area contributed by atoms with E-state index in [0.717, 1.165) is 0 Å². The first-order valence-electron chi connectivity index (χ1n) is 8.38. The molecule has 8 heteroatoms. The number of carbonyl (C=O) groups is 2. The van der Waals surface area contributed by atoms with Gasteiger partial charge < -0.3 is 14.8 Å². The van der Waals surface area contributed by atoms with Crippen LogP contribution in [0, 0.1) is 5.82 Å². The van der Waals surface area contributed by atoms with E-state index in [1.165, 1.54) is 37.1 Å². The number of halogens is 1. The zero-order chi connectivity index (χ0) is 20.1. The number of nitrogens with zero attached hydrogens (tertiary/aromatic N) is 2. The second-order valence-corrected chi connectivity index (χ2v) is 5.81. The highest BCUT2D eigenvalue weighted by atomic mass is 19.1. The van der Waals surface area contributed by atoms with Crippen LogP contribution < -0.4 is 10.1 Å². The zero-order valence-corrected chi connectivity index (χ0v) is 15.3. The Hall–Kier alpha value is -3.68. The fourth-order valence-corrected chi connectivity index (χ4v) is 2.61. The molecule has 0 aliphatic rings. The van der Waals surface area contributed by atoms with Gasteiger partial charge in [0.05, 0.1) is 19.9 Å². The molecule has 0 unspecified atom stereocenters. The largest absolute Gasteiger partial charge is 0.494 e. The minimum Gasteiger partial charge on any atom is -0.494 e. The van der Waals surface area contributed by atoms with Gasteiger partial charge in [0.15, 0.2) is 17.3 Å². The van der Waals surface area contributed by atoms with Crippen LogP contribution in [0.1, 0.15) is 26.5 Å². The molecule has 144 valence electrons. The van der Waals surface area contributed by atoms with Gasteiger partial charge >= 0.3 is 5.97 Å². The summed E-state index contributed by atoms with van der Waals surface area (Å²) in [6, 6.07) is 14.7. The monoisotopic (exact) mass is 383 g/mol. The van der Waals surface area contributed by atoms with Crippen LogP contribution in [-0.2, 0) is 11.3 Å². The van der Waals surface area contributed by atoms with Gasteiger partial charge in [-0.25, -0.2) is 13.9 Å². The lowest BCUT2D eigenvalue weighted by Gasteiger charge is -2.09. The van der Waals surface area contributed by atoms with Crippen molar-refractivity contribution >= 4 is 11.9 Å². The van der Waals surface area contributed by atoms with Crippen molar-refractivity contribution < 1.29 is 23.5 Å². The number of hydrogen-bond acceptors (Lipinski definition) is 5. The molecule has 1 heterocycles. The van der Waals surface area contributed by atoms with Crippen LogP contribution in [0.3, 0.4) is 0 Å². The fraction of sp³-hybridized carbons (Fsp3) is 0.150. The van der Waals surface area contributed by atoms with E-state index in [4.69, 9.17) is 4.74 Å². The lowest BCUT2D eigenvalue weighted by atomic mass is 10.2. The number of ether oxygens (including phenoxy) is 2. The van der Waals surface area contributed by atoms with Gasteiger partial charge in [-0.1, -0.05) is 24.3 Å². The molecule has 1 aromatic heterocycles. The number of methoxy groups -OCH3 is 2. The molecule has 0 fully saturated rings. The Kier molecular flexibility index (Phi) is 5.69. The van der Waals surface area contributed by atoms with Crippen LogP contribution in [0.25, 0.3) is 5.69 Å². The number of para-hydroxylation sites is 1. The molecule has 0 saturated heterocycles. The van der Waals surface area contributed by atoms with Crippen molar-refractivity contribution in [1.82, 2.24) is 15.1 Å². The number of rotatable bonds is 6. The standard InChI is InChI=1S/C20H18FN3O4/c1-27-18-9-8-13(10-15(18)21)12-22-19(25)17-11-16(20(26)28-2)23-24(17)14-6-4-3-5-7-14/h3-11H,12H2,1-2H3,(H,22,25). The number of esters is 1. The van der Waals surface area contributed by atoms with E-state index < -0.39 is 17.7 Å². The second kappa shape index (κ2) is 8.34. The molecule has 3 rings (SSSR count). The number of benzene rings is 2. The number of carbonyl (C=O) groups excluding carboxylic acids is 2. The fourth-order valence-electron chi connectivity index (χ4n) is 2.61. The summed E-state index contributed by atoms with van der Waals surface area (Å²) in [6.45, 7) is 0.0906. The second-order valence-electron chi connectivity index (χ2n) is 5.81. The van der Waals surface area contributed by atoms with Gasteiger partial charge in [-0.05, 0) is 29.8 Å². The molecule has 1 amide bonds. The molecule has 2 aromatic carbocycles. The van der Waals surface area contributed by atoms with Gasteiger partial charge in [0.2, 0.25) is 0 Å². The highest BCUT2D eigenvalue weighted by Crippen LogP contribution is 2.18. The van der Waals surface area contributed by atoms with Crippen molar-refractivity contribution in [3.8, 4) is 11.4 Å². The van der Waals surface area contributed by atoms with Crippen LogP contribution in [0.2, 0.25) is 0 Å². The van der Waals surface area contributed by atoms with E-state index in [2.05, 4.69) is 15.2 Å². The Balaban J connectivity index is 1.85. The maximum absolute atomic E-state index is 13.8. The minimum absolute atomic E-state index is 0.00648. The average molecular weight is 383 g/mol. The third-order valence-corrected chi connectivity index (χ3v) is 4.01. The SMILES string of the molecule is COC(=O)c1cc(C(=O)NCc2ccc(OC)c(F)c2)n(-c2ccccc2)n1. The predicted molar refractivity (Wildman–Crippen MR) is 99.0 cm³/mol. The van der Waals surface area contributed by atoms with Crippen LogP contribution >= 0.6 is 0 Å². The van der Waals surface area contributed by atoms with E-state index in [-0.39, 0.29) is 23.7 Å². The lowest BCUT2D eigenvalue weighted by molar-refractivity contribution is 0.0593. The maximum atomic E-state index is 13.8. The molecule has 1 N–H and O–H groups in total. The van der Waals surface area contributed by atoms with Crippen molar-refractivity contribution in [2.24, 2.45) is 0 Å². The lowest BCUT2D eigenvalue weighted by Crippen LogP contribution is -2.25. The number of hydrogen-bond donors (Lipinski definition) is 1. The van der Waals surface area contributed by atoms with Crippen molar-refractivity contribution in [1.29, 1.82) is 0 Å². The summed E-state index contributed by atoms with van der Waals surface area (Å²) >= 11 is 0. The summed E-state index contributed by atoms with van der Waals surface area (Å²) in [5.41, 5.74) is 1.33. The van der Waals surface area contributed by atoms with E-state index in [0.29, 0.717) is 11.3 Å². The molecular weight excluding hydrogens is 365 g/mol. The summed E-state index contributed by atoms with van der Waals surface area (Å²) in [6.07, 6.45) is 0. The Labute approximate surface area is 160 Å². The topological polar surface area (TPSA) is 82.5 Å². The molecule has 0 bridgehead atoms. The van der Waals surface area contributed by atoms with E-state index in [1.807, 2.05) is 6.07 Å². The number of amides is 1. The quantitative estimate of drug-likeness (QED) is 0.662. The van der Waals surface area contributed by atoms with Gasteiger partial charge in [0, 0.05) is 12.6 Å². The highest BCUT2D eigenvalue weighted by molar-refractivity contribution is 5.96. The summed E-state index contributed by atoms with van der Waals surface area (Å²) in [5, 5.41) is 6.87. The van der Waals surface area contributed by atoms with Gasteiger partial charge in [-0.15, -0.1) is 0 Å². The summed E-state index contributed by atoms with van der Waals surface area (Å²) in [4.78, 5) is 24.5. The molecule has 28 heavy (non-hydrogen) atoms. The van der Waals surface area contributed by atoms with Crippen molar-refractivity contribution in [3.05, 3.63) is 77.4 Å². The van der Waals surface area contributed by atoms with E-state index in [1.54, 1.807) is 30.3 Å². The summed E-state index contributed by atoms with van der Waals surface area (Å²) < 4.78 is 24.7. The first kappa shape index (κ1) is 19.1. The first-order valence-corrected chi connectivity index (χ1v) is 8.38. The molecule has 0 aliphatic heterocycles. The Bertz CT molecular complexity index is 1000. The zero-order valence-electron chi connectivity index (χ0n) is 15.3. The third kappa shape index (κ3) is 4.01. The maximum Gasteiger partial charge on any atom is 0.358 e. The van der Waals surface area contributed by atoms with E-state index in [9.17, 15) is 14.0 Å². The third-order valence-electron chi connectivity index (χ3n) is 4.01. The van der Waals surface area contributed by atoms with Gasteiger partial charge in [-0.2, -0.15) is 5.10 Å². The predicted octanol–water partition coefficient (Wildman–Crippen LogP) is 2.74. The highest BCUT2D eigenvalue weighted by Gasteiger charge is 2.20. The summed E-state index contributed by atoms with van der Waals surface area (Å²) in [7, 11) is 2.62. The van der Waals surface area contributed by atoms with Gasteiger partial charge in [-0.3, -0.25) is 4.79 Å². The smallest absolute Gasteiger partial charge is 0.358 e. The van der Waals surface area contributed by atoms with Crippen molar-refractivity contribution in [2.75, 3.05) is 14.2 Å². The van der Waals surface area contributed by atoms with Crippen LogP contribution in [0.5, 0.6) is 5.75 Å². The Morgan fingerprint density at radius 2 is 1.86 bits per heavy atom. The van der Waals surface area contributed by atoms with Crippen molar-refractivity contribution in [2.45, 2.75) is 6.54 Å². The van der Waals surface area contributed by atoms with Gasteiger partial charge in [0.1, 0.15) is 5.69 Å². The number of aromatic nitrogens is 2. The molecule has 3 aromatic rings. The molecule has 0 radical (unpaired) electrons. The average Bonchev–Trinajstić information content (AvgIpc) is 3.18. The first-order chi connectivity index (χ1) is 13.5. The Morgan fingerprint density at radius 1 is 1.11 bits per heavy atom. The summed E-state index contributed by atoms with van der Waals surface area (Å²) in [5.74, 6) is -1.51. The number of nitrogens with one attached hydrogen (secondary N) is 1. The van der Waals surface area contributed by atoms with Crippen molar-refractivity contribution in [3.63, 3.8) is 0 Å². The molecule has 0 atom stereocenters. The molecule has 0 aliphatic carbocycles. The van der Waals surface area contributed by atoms with Crippen LogP contribution in [-0.4, -0.2) is 35.9 Å². The van der Waals surface area contributed by atoms with Crippen LogP contribution in [0.15, 0.2) is 54.6 Å². The molecule has 0 saturated carbocycles. The molecular formula is C20H18FN3O4.